The van der Waals surface area contributed by atoms with Crippen LogP contribution in [0.1, 0.15) is 44.2 Å². The molecule has 0 spiro atoms. The first kappa shape index (κ1) is 30.9. The predicted octanol–water partition coefficient (Wildman–Crippen LogP) is 1.42. The molecule has 1 amide bonds. The van der Waals surface area contributed by atoms with Gasteiger partial charge in [0, 0.05) is 28.3 Å². The van der Waals surface area contributed by atoms with Crippen molar-refractivity contribution in [2.45, 2.75) is 43.9 Å². The lowest BCUT2D eigenvalue weighted by Crippen LogP contribution is -2.77. The molecule has 0 aliphatic heterocycles. The highest BCUT2D eigenvalue weighted by Gasteiger charge is 2.72. The van der Waals surface area contributed by atoms with Crippen molar-refractivity contribution in [2.24, 2.45) is 29.4 Å². The molecular formula is C33H33N3O8S. The zero-order chi connectivity index (χ0) is 32.7. The summed E-state index contributed by atoms with van der Waals surface area (Å²) >= 11 is 1.45. The average molecular weight is 632 g/mol. The Labute approximate surface area is 262 Å². The minimum Gasteiger partial charge on any atom is -0.507 e. The molecule has 1 aromatic heterocycles. The molecule has 11 nitrogen and oxygen atoms in total. The van der Waals surface area contributed by atoms with Crippen molar-refractivity contribution in [3.8, 4) is 17.0 Å². The molecule has 6 rings (SSSR count). The maximum atomic E-state index is 14.2. The number of aliphatic hydroxyl groups excluding tert-OH is 1. The van der Waals surface area contributed by atoms with Gasteiger partial charge < -0.3 is 21.1 Å². The molecule has 2 fully saturated rings. The van der Waals surface area contributed by atoms with E-state index >= 15 is 0 Å². The van der Waals surface area contributed by atoms with E-state index in [1.807, 2.05) is 37.3 Å². The van der Waals surface area contributed by atoms with Gasteiger partial charge in [-0.05, 0) is 32.5 Å². The van der Waals surface area contributed by atoms with Crippen molar-refractivity contribution in [3.05, 3.63) is 69.0 Å². The number of fused-ring (bicyclic) bond motifs is 3. The summed E-state index contributed by atoms with van der Waals surface area (Å²) in [5.74, 6) is -13.4. The first-order valence-electron chi connectivity index (χ1n) is 14.6. The topological polar surface area (TPSA) is 188 Å². The number of likely N-dealkylation sites (N-methyl/N-ethyl adjacent to an activating group) is 1. The number of aromatic hydroxyl groups is 1. The van der Waals surface area contributed by atoms with Crippen LogP contribution in [0.3, 0.4) is 0 Å². The van der Waals surface area contributed by atoms with Crippen LogP contribution in [-0.4, -0.2) is 86.1 Å². The van der Waals surface area contributed by atoms with Crippen molar-refractivity contribution in [1.82, 2.24) is 9.88 Å². The van der Waals surface area contributed by atoms with Crippen LogP contribution in [0, 0.1) is 30.6 Å². The molecular weight excluding hydrogens is 598 g/mol. The third kappa shape index (κ3) is 4.34. The van der Waals surface area contributed by atoms with Gasteiger partial charge in [-0.25, -0.2) is 4.98 Å². The fourth-order valence-electron chi connectivity index (χ4n) is 7.73. The van der Waals surface area contributed by atoms with Crippen molar-refractivity contribution in [3.63, 3.8) is 0 Å². The van der Waals surface area contributed by atoms with E-state index in [9.17, 15) is 39.3 Å². The summed E-state index contributed by atoms with van der Waals surface area (Å²) in [6, 6.07) is 11.6. The number of aliphatic hydroxyl groups is 2. The number of aromatic nitrogens is 1. The quantitative estimate of drug-likeness (QED) is 0.300. The maximum Gasteiger partial charge on any atom is 0.235 e. The van der Waals surface area contributed by atoms with Crippen molar-refractivity contribution < 1.29 is 39.3 Å². The number of phenolic OH excluding ortho intramolecular Hbond substituents is 1. The van der Waals surface area contributed by atoms with E-state index in [0.29, 0.717) is 16.1 Å². The number of Topliss-reactive ketones (excluding diaryl/α,β-unsaturated/α-hetero) is 4. The summed E-state index contributed by atoms with van der Waals surface area (Å²) < 4.78 is 0. The number of benzene rings is 2. The lowest BCUT2D eigenvalue weighted by atomic mass is 9.49. The van der Waals surface area contributed by atoms with Crippen LogP contribution in [0.4, 0.5) is 0 Å². The number of aryl methyl sites for hydroxylation is 1. The lowest BCUT2D eigenvalue weighted by Gasteiger charge is -2.56. The number of hydrogen-bond donors (Lipinski definition) is 4. The van der Waals surface area contributed by atoms with E-state index in [1.54, 1.807) is 19.1 Å². The van der Waals surface area contributed by atoms with Gasteiger partial charge in [0.15, 0.2) is 34.7 Å². The number of ketones is 4. The summed E-state index contributed by atoms with van der Waals surface area (Å²) in [6.45, 7) is 3.63. The largest absolute Gasteiger partial charge is 0.507 e. The molecule has 2 saturated carbocycles. The molecule has 1 heterocycles. The Kier molecular flexibility index (Phi) is 7.39. The van der Waals surface area contributed by atoms with E-state index in [1.165, 1.54) is 30.3 Å². The van der Waals surface area contributed by atoms with Gasteiger partial charge in [-0.2, -0.15) is 0 Å². The van der Waals surface area contributed by atoms with Crippen LogP contribution < -0.4 is 5.73 Å². The normalized spacial score (nSPS) is 31.0. The smallest absolute Gasteiger partial charge is 0.235 e. The second kappa shape index (κ2) is 10.8. The number of phenols is 1. The zero-order valence-electron chi connectivity index (χ0n) is 25.1. The van der Waals surface area contributed by atoms with E-state index < -0.39 is 76.4 Å². The number of rotatable bonds is 5. The van der Waals surface area contributed by atoms with E-state index in [-0.39, 0.29) is 17.7 Å². The molecule has 234 valence electrons. The number of nitrogens with zero attached hydrogens (tertiary/aromatic N) is 2. The summed E-state index contributed by atoms with van der Waals surface area (Å²) in [5, 5.41) is 35.7. The molecule has 45 heavy (non-hydrogen) atoms. The van der Waals surface area contributed by atoms with E-state index in [0.717, 1.165) is 16.1 Å². The lowest BCUT2D eigenvalue weighted by molar-refractivity contribution is -0.196. The molecule has 3 aromatic rings. The van der Waals surface area contributed by atoms with Crippen LogP contribution in [0.5, 0.6) is 5.75 Å². The zero-order valence-corrected chi connectivity index (χ0v) is 25.9. The Bertz CT molecular complexity index is 1790. The Morgan fingerprint density at radius 2 is 1.73 bits per heavy atom. The number of amides is 1. The molecule has 2 unspecified atom stereocenters. The Hall–Kier alpha value is -4.10. The standard InChI is InChI=1S/C33H33N3O8S/c1-13-17-11-10-16(12-18-35-24(14(2)45-18)15-8-6-5-7-9-15)26(37)20(17)27(38)21-19(13)28(39)23-25(36(3)4)29(40)22(32(34)43)31(42)33(23,44)30(21)41/h5-11,13,19,21-23,25,28,37,39,44H,12H2,1-4H3,(H2,34,43)/t13-,19+,21?,22?,23+,25-,28-,33-/m0/s1. The molecule has 12 heteroatoms. The number of carbonyl (C=O) groups excluding carboxylic acids is 5. The predicted molar refractivity (Wildman–Crippen MR) is 163 cm³/mol. The van der Waals surface area contributed by atoms with Crippen LogP contribution in [-0.2, 0) is 25.6 Å². The van der Waals surface area contributed by atoms with Gasteiger partial charge in [0.05, 0.1) is 40.2 Å². The second-order valence-corrected chi connectivity index (χ2v) is 13.7. The van der Waals surface area contributed by atoms with Gasteiger partial charge in [-0.3, -0.25) is 28.9 Å². The molecule has 0 radical (unpaired) electrons. The van der Waals surface area contributed by atoms with Crippen LogP contribution in [0.2, 0.25) is 0 Å². The average Bonchev–Trinajstić information content (AvgIpc) is 3.35. The Morgan fingerprint density at radius 1 is 1.07 bits per heavy atom. The summed E-state index contributed by atoms with van der Waals surface area (Å²) in [7, 11) is 2.91. The highest BCUT2D eigenvalue weighted by Crippen LogP contribution is 2.54. The van der Waals surface area contributed by atoms with Crippen molar-refractivity contribution in [2.75, 3.05) is 14.1 Å². The summed E-state index contributed by atoms with van der Waals surface area (Å²) in [6.07, 6.45) is -1.48. The number of nitrogens with two attached hydrogens (primary N) is 1. The van der Waals surface area contributed by atoms with Crippen LogP contribution in [0.15, 0.2) is 42.5 Å². The SMILES string of the molecule is Cc1sc(Cc2ccc3c(c2O)C(=O)C2C(=O)[C@]4(O)C(=O)C(C(N)=O)C(=O)[C@@H](N(C)C)[C@@H]4[C@@H](O)[C@@H]2[C@H]3C)nc1-c1ccccc1. The first-order chi connectivity index (χ1) is 21.2. The van der Waals surface area contributed by atoms with Gasteiger partial charge >= 0.3 is 0 Å². The first-order valence-corrected chi connectivity index (χ1v) is 15.4. The molecule has 2 aromatic carbocycles. The fourth-order valence-corrected chi connectivity index (χ4v) is 8.71. The van der Waals surface area contributed by atoms with Crippen LogP contribution in [0.25, 0.3) is 11.3 Å². The number of hydrogen-bond acceptors (Lipinski definition) is 11. The van der Waals surface area contributed by atoms with Gasteiger partial charge in [0.1, 0.15) is 5.75 Å². The molecule has 3 aliphatic rings. The highest BCUT2D eigenvalue weighted by atomic mass is 32.1. The van der Waals surface area contributed by atoms with E-state index in [2.05, 4.69) is 0 Å². The van der Waals surface area contributed by atoms with Gasteiger partial charge in [0.25, 0.3) is 0 Å². The number of thiazole rings is 1. The molecule has 8 atom stereocenters. The number of carbonyl (C=O) groups is 5. The van der Waals surface area contributed by atoms with Crippen molar-refractivity contribution >= 4 is 40.4 Å². The summed E-state index contributed by atoms with van der Waals surface area (Å²) in [5.41, 5.74) is 4.75. The van der Waals surface area contributed by atoms with Crippen LogP contribution >= 0.6 is 11.3 Å². The van der Waals surface area contributed by atoms with Gasteiger partial charge in [-0.15, -0.1) is 11.3 Å². The van der Waals surface area contributed by atoms with Gasteiger partial charge in [0.2, 0.25) is 5.91 Å². The Morgan fingerprint density at radius 3 is 2.36 bits per heavy atom. The highest BCUT2D eigenvalue weighted by molar-refractivity contribution is 7.12. The Balaban J connectivity index is 1.42. The minimum absolute atomic E-state index is 0.129. The third-order valence-corrected chi connectivity index (χ3v) is 10.8. The molecule has 3 aliphatic carbocycles. The molecule has 5 N–H and O–H groups in total. The molecule has 0 saturated heterocycles. The number of primary amides is 1. The van der Waals surface area contributed by atoms with E-state index in [4.69, 9.17) is 10.7 Å². The maximum absolute atomic E-state index is 14.2. The minimum atomic E-state index is -3.03. The molecule has 0 bridgehead atoms. The second-order valence-electron chi connectivity index (χ2n) is 12.5. The summed E-state index contributed by atoms with van der Waals surface area (Å²) in [4.78, 5) is 74.4. The van der Waals surface area contributed by atoms with Gasteiger partial charge in [-0.1, -0.05) is 49.4 Å². The van der Waals surface area contributed by atoms with Crippen molar-refractivity contribution in [1.29, 1.82) is 0 Å². The third-order valence-electron chi connectivity index (χ3n) is 9.80. The monoisotopic (exact) mass is 631 g/mol. The fraction of sp³-hybridized carbons (Fsp3) is 0.394.